The summed E-state index contributed by atoms with van der Waals surface area (Å²) in [6.45, 7) is 4.10. The lowest BCUT2D eigenvalue weighted by molar-refractivity contribution is 0.0947. The van der Waals surface area contributed by atoms with Crippen molar-refractivity contribution in [1.82, 2.24) is 10.3 Å². The Morgan fingerprint density at radius 1 is 1.43 bits per heavy atom. The van der Waals surface area contributed by atoms with Crippen molar-refractivity contribution in [3.05, 3.63) is 48.0 Å². The number of hydrogen-bond acceptors (Lipinski definition) is 4. The Morgan fingerprint density at radius 2 is 2.19 bits per heavy atom. The molecule has 0 saturated heterocycles. The molecule has 3 rings (SSSR count). The number of carbonyl (C=O) groups is 1. The average Bonchev–Trinajstić information content (AvgIpc) is 3.18. The lowest BCUT2D eigenvalue weighted by Crippen LogP contribution is -2.25. The van der Waals surface area contributed by atoms with Crippen LogP contribution in [0.25, 0.3) is 10.6 Å². The summed E-state index contributed by atoms with van der Waals surface area (Å²) in [5, 5.41) is 5.58. The highest BCUT2D eigenvalue weighted by Crippen LogP contribution is 2.26. The van der Waals surface area contributed by atoms with Crippen LogP contribution in [0, 0.1) is 0 Å². The molecule has 0 aliphatic heterocycles. The van der Waals surface area contributed by atoms with Crippen LogP contribution < -0.4 is 10.1 Å². The number of hydrogen-bond donors (Lipinski definition) is 1. The highest BCUT2D eigenvalue weighted by atomic mass is 32.1. The van der Waals surface area contributed by atoms with Crippen LogP contribution in [0.1, 0.15) is 23.3 Å². The molecule has 0 spiro atoms. The topological polar surface area (TPSA) is 51.2 Å². The molecule has 21 heavy (non-hydrogen) atoms. The second-order valence-electron chi connectivity index (χ2n) is 4.91. The summed E-state index contributed by atoms with van der Waals surface area (Å²) in [6, 6.07) is 8.03. The van der Waals surface area contributed by atoms with Gasteiger partial charge in [0.15, 0.2) is 0 Å². The molecular formula is C16H16N2O2S. The number of amides is 1. The number of ether oxygens (including phenoxy) is 1. The van der Waals surface area contributed by atoms with Crippen molar-refractivity contribution >= 4 is 17.2 Å². The van der Waals surface area contributed by atoms with Crippen molar-refractivity contribution in [1.29, 1.82) is 0 Å². The maximum atomic E-state index is 11.9. The van der Waals surface area contributed by atoms with Gasteiger partial charge in [0.25, 0.3) is 5.91 Å². The van der Waals surface area contributed by atoms with E-state index in [4.69, 9.17) is 4.74 Å². The number of aromatic nitrogens is 1. The van der Waals surface area contributed by atoms with Crippen LogP contribution in [0.4, 0.5) is 0 Å². The molecule has 0 atom stereocenters. The van der Waals surface area contributed by atoms with Gasteiger partial charge in [-0.2, -0.15) is 0 Å². The van der Waals surface area contributed by atoms with Crippen LogP contribution in [0.5, 0.6) is 5.75 Å². The van der Waals surface area contributed by atoms with E-state index in [0.29, 0.717) is 18.3 Å². The zero-order valence-corrected chi connectivity index (χ0v) is 12.4. The standard InChI is InChI=1S/C16H16N2O2S/c1-2-9-20-13-7-3-11(4-8-13)16-18-14(10-21-16)15(19)17-12-5-6-12/h2-4,7-8,10,12H,1,5-6,9H2,(H,17,19). The molecular weight excluding hydrogens is 284 g/mol. The average molecular weight is 300 g/mol. The molecule has 1 aromatic heterocycles. The SMILES string of the molecule is C=CCOc1ccc(-c2nc(C(=O)NC3CC3)cs2)cc1. The molecule has 1 aliphatic carbocycles. The first-order valence-corrected chi connectivity index (χ1v) is 7.75. The number of nitrogens with one attached hydrogen (secondary N) is 1. The molecule has 0 bridgehead atoms. The van der Waals surface area contributed by atoms with Crippen molar-refractivity contribution in [3.8, 4) is 16.3 Å². The second kappa shape index (κ2) is 6.10. The number of thiazole rings is 1. The Balaban J connectivity index is 1.69. The molecule has 0 unspecified atom stereocenters. The summed E-state index contributed by atoms with van der Waals surface area (Å²) in [5.74, 6) is 0.716. The van der Waals surface area contributed by atoms with Gasteiger partial charge in [0.2, 0.25) is 0 Å². The van der Waals surface area contributed by atoms with Crippen LogP contribution in [-0.2, 0) is 0 Å². The normalized spacial score (nSPS) is 13.7. The van der Waals surface area contributed by atoms with Crippen molar-refractivity contribution in [2.24, 2.45) is 0 Å². The Kier molecular flexibility index (Phi) is 4.01. The summed E-state index contributed by atoms with van der Waals surface area (Å²) in [7, 11) is 0. The third-order valence-electron chi connectivity index (χ3n) is 3.12. The van der Waals surface area contributed by atoms with E-state index in [1.807, 2.05) is 24.3 Å². The van der Waals surface area contributed by atoms with E-state index in [0.717, 1.165) is 29.2 Å². The Hall–Kier alpha value is -2.14. The van der Waals surface area contributed by atoms with Gasteiger partial charge >= 0.3 is 0 Å². The van der Waals surface area contributed by atoms with E-state index in [9.17, 15) is 4.79 Å². The van der Waals surface area contributed by atoms with Gasteiger partial charge in [-0.3, -0.25) is 4.79 Å². The predicted octanol–water partition coefficient (Wildman–Crippen LogP) is 3.27. The molecule has 108 valence electrons. The monoisotopic (exact) mass is 300 g/mol. The lowest BCUT2D eigenvalue weighted by Gasteiger charge is -2.03. The van der Waals surface area contributed by atoms with E-state index in [1.54, 1.807) is 11.5 Å². The highest BCUT2D eigenvalue weighted by Gasteiger charge is 2.24. The Labute approximate surface area is 127 Å². The first-order valence-electron chi connectivity index (χ1n) is 6.87. The summed E-state index contributed by atoms with van der Waals surface area (Å²) in [6.07, 6.45) is 3.86. The number of nitrogens with zero attached hydrogens (tertiary/aromatic N) is 1. The van der Waals surface area contributed by atoms with Gasteiger partial charge in [-0.15, -0.1) is 11.3 Å². The minimum absolute atomic E-state index is 0.0778. The first kappa shape index (κ1) is 13.8. The van der Waals surface area contributed by atoms with Crippen molar-refractivity contribution in [2.75, 3.05) is 6.61 Å². The maximum Gasteiger partial charge on any atom is 0.270 e. The molecule has 4 nitrogen and oxygen atoms in total. The number of carbonyl (C=O) groups excluding carboxylic acids is 1. The van der Waals surface area contributed by atoms with Crippen LogP contribution >= 0.6 is 11.3 Å². The van der Waals surface area contributed by atoms with Gasteiger partial charge in [0.1, 0.15) is 23.1 Å². The molecule has 1 fully saturated rings. The first-order chi connectivity index (χ1) is 10.3. The van der Waals surface area contributed by atoms with Crippen LogP contribution in [0.3, 0.4) is 0 Å². The second-order valence-corrected chi connectivity index (χ2v) is 5.77. The molecule has 1 aliphatic rings. The third kappa shape index (κ3) is 3.49. The zero-order chi connectivity index (χ0) is 14.7. The van der Waals surface area contributed by atoms with E-state index in [-0.39, 0.29) is 5.91 Å². The van der Waals surface area contributed by atoms with E-state index in [1.165, 1.54) is 11.3 Å². The Bertz CT molecular complexity index is 645. The van der Waals surface area contributed by atoms with E-state index in [2.05, 4.69) is 16.9 Å². The molecule has 1 saturated carbocycles. The fourth-order valence-corrected chi connectivity index (χ4v) is 2.65. The minimum Gasteiger partial charge on any atom is -0.490 e. The molecule has 5 heteroatoms. The molecule has 1 amide bonds. The van der Waals surface area contributed by atoms with E-state index >= 15 is 0 Å². The van der Waals surface area contributed by atoms with Crippen molar-refractivity contribution in [3.63, 3.8) is 0 Å². The van der Waals surface area contributed by atoms with Gasteiger partial charge in [-0.05, 0) is 37.1 Å². The van der Waals surface area contributed by atoms with Gasteiger partial charge in [0, 0.05) is 17.0 Å². The zero-order valence-electron chi connectivity index (χ0n) is 11.5. The summed E-state index contributed by atoms with van der Waals surface area (Å²) >= 11 is 1.47. The van der Waals surface area contributed by atoms with Gasteiger partial charge in [0.05, 0.1) is 0 Å². The fourth-order valence-electron chi connectivity index (χ4n) is 1.85. The van der Waals surface area contributed by atoms with Gasteiger partial charge < -0.3 is 10.1 Å². The Morgan fingerprint density at radius 3 is 2.86 bits per heavy atom. The van der Waals surface area contributed by atoms with Crippen LogP contribution in [0.2, 0.25) is 0 Å². The van der Waals surface area contributed by atoms with Crippen LogP contribution in [-0.4, -0.2) is 23.5 Å². The maximum absolute atomic E-state index is 11.9. The third-order valence-corrected chi connectivity index (χ3v) is 4.01. The fraction of sp³-hybridized carbons (Fsp3) is 0.250. The summed E-state index contributed by atoms with van der Waals surface area (Å²) in [5.41, 5.74) is 1.48. The molecule has 0 radical (unpaired) electrons. The molecule has 1 heterocycles. The quantitative estimate of drug-likeness (QED) is 0.833. The van der Waals surface area contributed by atoms with Gasteiger partial charge in [-0.1, -0.05) is 12.7 Å². The number of benzene rings is 1. The highest BCUT2D eigenvalue weighted by molar-refractivity contribution is 7.13. The predicted molar refractivity (Wildman–Crippen MR) is 83.7 cm³/mol. The van der Waals surface area contributed by atoms with Crippen molar-refractivity contribution < 1.29 is 9.53 Å². The molecule has 1 aromatic carbocycles. The van der Waals surface area contributed by atoms with Crippen LogP contribution in [0.15, 0.2) is 42.3 Å². The number of rotatable bonds is 6. The van der Waals surface area contributed by atoms with Crippen molar-refractivity contribution in [2.45, 2.75) is 18.9 Å². The molecule has 2 aromatic rings. The minimum atomic E-state index is -0.0778. The summed E-state index contributed by atoms with van der Waals surface area (Å²) in [4.78, 5) is 16.3. The summed E-state index contributed by atoms with van der Waals surface area (Å²) < 4.78 is 5.44. The lowest BCUT2D eigenvalue weighted by atomic mass is 10.2. The van der Waals surface area contributed by atoms with E-state index < -0.39 is 0 Å². The largest absolute Gasteiger partial charge is 0.490 e. The molecule has 1 N–H and O–H groups in total. The smallest absolute Gasteiger partial charge is 0.270 e. The van der Waals surface area contributed by atoms with Gasteiger partial charge in [-0.25, -0.2) is 4.98 Å².